The van der Waals surface area contributed by atoms with Crippen LogP contribution in [0.5, 0.6) is 0 Å². The first-order valence-electron chi connectivity index (χ1n) is 7.16. The normalized spacial score (nSPS) is 22.9. The van der Waals surface area contributed by atoms with E-state index in [4.69, 9.17) is 0 Å². The van der Waals surface area contributed by atoms with Crippen molar-refractivity contribution in [3.05, 3.63) is 29.8 Å². The summed E-state index contributed by atoms with van der Waals surface area (Å²) in [7, 11) is 4.00. The number of hydrogen-bond donors (Lipinski definition) is 1. The van der Waals surface area contributed by atoms with Gasteiger partial charge in [-0.05, 0) is 43.0 Å². The summed E-state index contributed by atoms with van der Waals surface area (Å²) >= 11 is 0. The van der Waals surface area contributed by atoms with Crippen LogP contribution < -0.4 is 10.2 Å². The molecule has 0 saturated heterocycles. The van der Waals surface area contributed by atoms with Gasteiger partial charge in [-0.1, -0.05) is 19.8 Å². The highest BCUT2D eigenvalue weighted by Crippen LogP contribution is 2.24. The summed E-state index contributed by atoms with van der Waals surface area (Å²) in [5, 5.41) is 3.18. The van der Waals surface area contributed by atoms with Gasteiger partial charge < -0.3 is 10.2 Å². The Morgan fingerprint density at radius 3 is 2.37 bits per heavy atom. The van der Waals surface area contributed by atoms with E-state index in [1.807, 2.05) is 43.3 Å². The zero-order chi connectivity index (χ0) is 13.8. The first-order chi connectivity index (χ1) is 9.08. The van der Waals surface area contributed by atoms with E-state index in [1.165, 1.54) is 19.3 Å². The van der Waals surface area contributed by atoms with E-state index in [9.17, 15) is 4.79 Å². The fourth-order valence-corrected chi connectivity index (χ4v) is 2.69. The maximum absolute atomic E-state index is 12.2. The van der Waals surface area contributed by atoms with Gasteiger partial charge in [0.05, 0.1) is 0 Å². The molecule has 1 N–H and O–H groups in total. The summed E-state index contributed by atoms with van der Waals surface area (Å²) in [5.41, 5.74) is 1.87. The predicted molar refractivity (Wildman–Crippen MR) is 79.7 cm³/mol. The van der Waals surface area contributed by atoms with Gasteiger partial charge in [0.1, 0.15) is 0 Å². The highest BCUT2D eigenvalue weighted by Gasteiger charge is 2.23. The Morgan fingerprint density at radius 2 is 1.79 bits per heavy atom. The number of hydrogen-bond acceptors (Lipinski definition) is 2. The topological polar surface area (TPSA) is 32.3 Å². The van der Waals surface area contributed by atoms with Crippen LogP contribution >= 0.6 is 0 Å². The Morgan fingerprint density at radius 1 is 1.16 bits per heavy atom. The molecular formula is C16H24N2O. The average molecular weight is 260 g/mol. The molecule has 104 valence electrons. The quantitative estimate of drug-likeness (QED) is 0.906. The Balaban J connectivity index is 1.99. The minimum absolute atomic E-state index is 0.0593. The van der Waals surface area contributed by atoms with Crippen molar-refractivity contribution in [1.82, 2.24) is 5.32 Å². The zero-order valence-electron chi connectivity index (χ0n) is 12.1. The molecular weight excluding hydrogens is 236 g/mol. The summed E-state index contributed by atoms with van der Waals surface area (Å²) in [4.78, 5) is 14.2. The Hall–Kier alpha value is -1.51. The molecule has 1 aliphatic rings. The molecule has 1 aromatic carbocycles. The van der Waals surface area contributed by atoms with E-state index in [1.54, 1.807) is 0 Å². The second kappa shape index (κ2) is 6.09. The molecule has 3 nitrogen and oxygen atoms in total. The lowest BCUT2D eigenvalue weighted by atomic mass is 9.86. The van der Waals surface area contributed by atoms with Crippen LogP contribution in [0.1, 0.15) is 43.0 Å². The van der Waals surface area contributed by atoms with Crippen molar-refractivity contribution in [2.45, 2.75) is 38.6 Å². The van der Waals surface area contributed by atoms with Crippen LogP contribution in [0.3, 0.4) is 0 Å². The molecule has 0 aliphatic heterocycles. The van der Waals surface area contributed by atoms with E-state index in [-0.39, 0.29) is 5.91 Å². The molecule has 1 aromatic rings. The monoisotopic (exact) mass is 260 g/mol. The maximum atomic E-state index is 12.2. The molecule has 0 aromatic heterocycles. The summed E-state index contributed by atoms with van der Waals surface area (Å²) in [6, 6.07) is 8.11. The molecule has 0 heterocycles. The second-order valence-corrected chi connectivity index (χ2v) is 5.78. The highest BCUT2D eigenvalue weighted by atomic mass is 16.1. The second-order valence-electron chi connectivity index (χ2n) is 5.78. The molecule has 0 radical (unpaired) electrons. The van der Waals surface area contributed by atoms with Gasteiger partial charge in [0, 0.05) is 31.4 Å². The van der Waals surface area contributed by atoms with Crippen LogP contribution in [0.2, 0.25) is 0 Å². The van der Waals surface area contributed by atoms with Gasteiger partial charge in [0.15, 0.2) is 0 Å². The minimum atomic E-state index is 0.0593. The van der Waals surface area contributed by atoms with Crippen molar-refractivity contribution in [3.8, 4) is 0 Å². The van der Waals surface area contributed by atoms with Crippen molar-refractivity contribution in [2.24, 2.45) is 5.92 Å². The van der Waals surface area contributed by atoms with Crippen LogP contribution in [0.15, 0.2) is 24.3 Å². The highest BCUT2D eigenvalue weighted by molar-refractivity contribution is 5.94. The average Bonchev–Trinajstić information content (AvgIpc) is 2.41. The minimum Gasteiger partial charge on any atom is -0.378 e. The van der Waals surface area contributed by atoms with Gasteiger partial charge in [-0.25, -0.2) is 0 Å². The molecule has 0 spiro atoms. The molecule has 1 fully saturated rings. The van der Waals surface area contributed by atoms with Gasteiger partial charge in [-0.2, -0.15) is 0 Å². The number of anilines is 1. The Bertz CT molecular complexity index is 425. The van der Waals surface area contributed by atoms with Gasteiger partial charge in [-0.15, -0.1) is 0 Å². The number of rotatable bonds is 3. The largest absolute Gasteiger partial charge is 0.378 e. The van der Waals surface area contributed by atoms with Crippen LogP contribution in [-0.4, -0.2) is 26.0 Å². The lowest BCUT2D eigenvalue weighted by Crippen LogP contribution is -2.41. The first-order valence-corrected chi connectivity index (χ1v) is 7.16. The van der Waals surface area contributed by atoms with Crippen LogP contribution in [0.25, 0.3) is 0 Å². The number of carbonyl (C=O) groups excluding carboxylic acids is 1. The summed E-state index contributed by atoms with van der Waals surface area (Å²) < 4.78 is 0. The van der Waals surface area contributed by atoms with Crippen LogP contribution in [-0.2, 0) is 0 Å². The smallest absolute Gasteiger partial charge is 0.251 e. The fourth-order valence-electron chi connectivity index (χ4n) is 2.69. The number of nitrogens with zero attached hydrogens (tertiary/aromatic N) is 1. The van der Waals surface area contributed by atoms with Gasteiger partial charge >= 0.3 is 0 Å². The molecule has 1 amide bonds. The molecule has 2 rings (SSSR count). The fraction of sp³-hybridized carbons (Fsp3) is 0.562. The van der Waals surface area contributed by atoms with E-state index in [2.05, 4.69) is 12.2 Å². The molecule has 3 heteroatoms. The predicted octanol–water partition coefficient (Wildman–Crippen LogP) is 3.06. The third-order valence-corrected chi connectivity index (χ3v) is 4.07. The molecule has 19 heavy (non-hydrogen) atoms. The maximum Gasteiger partial charge on any atom is 0.251 e. The van der Waals surface area contributed by atoms with Crippen molar-refractivity contribution in [2.75, 3.05) is 19.0 Å². The first kappa shape index (κ1) is 13.9. The van der Waals surface area contributed by atoms with Gasteiger partial charge in [-0.3, -0.25) is 4.79 Å². The molecule has 2 unspecified atom stereocenters. The lowest BCUT2D eigenvalue weighted by Gasteiger charge is -2.29. The van der Waals surface area contributed by atoms with E-state index < -0.39 is 0 Å². The number of nitrogens with one attached hydrogen (secondary N) is 1. The third kappa shape index (κ3) is 3.49. The van der Waals surface area contributed by atoms with E-state index >= 15 is 0 Å². The summed E-state index contributed by atoms with van der Waals surface area (Å²) in [5.74, 6) is 0.655. The van der Waals surface area contributed by atoms with Crippen molar-refractivity contribution in [3.63, 3.8) is 0 Å². The summed E-state index contributed by atoms with van der Waals surface area (Å²) in [6.45, 7) is 2.24. The lowest BCUT2D eigenvalue weighted by molar-refractivity contribution is 0.0910. The standard InChI is InChI=1S/C16H24N2O/c1-12-6-4-5-7-15(12)17-16(19)13-8-10-14(11-9-13)18(2)3/h8-12,15H,4-7H2,1-3H3,(H,17,19). The van der Waals surface area contributed by atoms with Crippen molar-refractivity contribution in [1.29, 1.82) is 0 Å². The zero-order valence-corrected chi connectivity index (χ0v) is 12.1. The van der Waals surface area contributed by atoms with Gasteiger partial charge in [0.2, 0.25) is 0 Å². The summed E-state index contributed by atoms with van der Waals surface area (Å²) in [6.07, 6.45) is 4.87. The molecule has 1 saturated carbocycles. The van der Waals surface area contributed by atoms with Crippen molar-refractivity contribution < 1.29 is 4.79 Å². The molecule has 1 aliphatic carbocycles. The number of amides is 1. The van der Waals surface area contributed by atoms with Crippen LogP contribution in [0, 0.1) is 5.92 Å². The van der Waals surface area contributed by atoms with Crippen LogP contribution in [0.4, 0.5) is 5.69 Å². The van der Waals surface area contributed by atoms with E-state index in [0.717, 1.165) is 17.7 Å². The number of benzene rings is 1. The third-order valence-electron chi connectivity index (χ3n) is 4.07. The molecule has 2 atom stereocenters. The SMILES string of the molecule is CC1CCCCC1NC(=O)c1ccc(N(C)C)cc1. The van der Waals surface area contributed by atoms with Crippen molar-refractivity contribution >= 4 is 11.6 Å². The Kier molecular flexibility index (Phi) is 4.46. The van der Waals surface area contributed by atoms with Gasteiger partial charge in [0.25, 0.3) is 5.91 Å². The molecule has 0 bridgehead atoms. The Labute approximate surface area is 116 Å². The van der Waals surface area contributed by atoms with E-state index in [0.29, 0.717) is 12.0 Å². The number of carbonyl (C=O) groups is 1.